The van der Waals surface area contributed by atoms with E-state index in [9.17, 15) is 0 Å². The van der Waals surface area contributed by atoms with E-state index in [0.29, 0.717) is 12.0 Å². The van der Waals surface area contributed by atoms with Gasteiger partial charge in [0.25, 0.3) is 0 Å². The van der Waals surface area contributed by atoms with Crippen LogP contribution in [-0.2, 0) is 0 Å². The van der Waals surface area contributed by atoms with Gasteiger partial charge in [-0.1, -0.05) is 32.9 Å². The van der Waals surface area contributed by atoms with E-state index in [1.54, 1.807) is 0 Å². The van der Waals surface area contributed by atoms with Crippen molar-refractivity contribution in [3.05, 3.63) is 29.8 Å². The van der Waals surface area contributed by atoms with Crippen molar-refractivity contribution in [3.63, 3.8) is 0 Å². The van der Waals surface area contributed by atoms with Gasteiger partial charge in [-0.05, 0) is 50.4 Å². The molecule has 0 aliphatic rings. The summed E-state index contributed by atoms with van der Waals surface area (Å²) in [6.45, 7) is 11.8. The highest BCUT2D eigenvalue weighted by Crippen LogP contribution is 2.23. The summed E-state index contributed by atoms with van der Waals surface area (Å²) < 4.78 is 5.67. The van der Waals surface area contributed by atoms with E-state index in [1.165, 1.54) is 5.56 Å². The van der Waals surface area contributed by atoms with Gasteiger partial charge in [-0.25, -0.2) is 0 Å². The first-order chi connectivity index (χ1) is 8.52. The largest absolute Gasteiger partial charge is 0.491 e. The highest BCUT2D eigenvalue weighted by Gasteiger charge is 2.12. The molecule has 1 aromatic rings. The third-order valence-electron chi connectivity index (χ3n) is 2.81. The Labute approximate surface area is 112 Å². The lowest BCUT2D eigenvalue weighted by Gasteiger charge is -2.21. The van der Waals surface area contributed by atoms with Crippen molar-refractivity contribution in [2.24, 2.45) is 5.92 Å². The number of nitrogens with one attached hydrogen (secondary N) is 1. The predicted molar refractivity (Wildman–Crippen MR) is 78.1 cm³/mol. The van der Waals surface area contributed by atoms with Gasteiger partial charge in [-0.15, -0.1) is 0 Å². The first-order valence-electron chi connectivity index (χ1n) is 7.03. The average Bonchev–Trinajstić information content (AvgIpc) is 2.28. The zero-order chi connectivity index (χ0) is 13.5. The van der Waals surface area contributed by atoms with Gasteiger partial charge in [0.1, 0.15) is 5.75 Å². The standard InChI is InChI=1S/C16H27NO/c1-6-17-16(11-12(2)3)14-7-9-15(10-8-14)18-13(4)5/h7-10,12-13,16-17H,6,11H2,1-5H3. The van der Waals surface area contributed by atoms with Crippen molar-refractivity contribution in [1.82, 2.24) is 5.32 Å². The molecule has 0 spiro atoms. The summed E-state index contributed by atoms with van der Waals surface area (Å²) in [5, 5.41) is 3.55. The van der Waals surface area contributed by atoms with Crippen LogP contribution in [0.25, 0.3) is 0 Å². The summed E-state index contributed by atoms with van der Waals surface area (Å²) >= 11 is 0. The van der Waals surface area contributed by atoms with E-state index < -0.39 is 0 Å². The van der Waals surface area contributed by atoms with Crippen LogP contribution in [0.1, 0.15) is 52.6 Å². The summed E-state index contributed by atoms with van der Waals surface area (Å²) in [5.74, 6) is 1.65. The number of benzene rings is 1. The van der Waals surface area contributed by atoms with Crippen LogP contribution in [0.15, 0.2) is 24.3 Å². The molecule has 1 N–H and O–H groups in total. The molecule has 0 saturated heterocycles. The first kappa shape index (κ1) is 15.0. The van der Waals surface area contributed by atoms with Gasteiger partial charge in [0.05, 0.1) is 6.10 Å². The van der Waals surface area contributed by atoms with Crippen LogP contribution < -0.4 is 10.1 Å². The van der Waals surface area contributed by atoms with E-state index >= 15 is 0 Å². The fraction of sp³-hybridized carbons (Fsp3) is 0.625. The summed E-state index contributed by atoms with van der Waals surface area (Å²) in [7, 11) is 0. The monoisotopic (exact) mass is 249 g/mol. The number of rotatable bonds is 7. The topological polar surface area (TPSA) is 21.3 Å². The number of hydrogen-bond acceptors (Lipinski definition) is 2. The SMILES string of the molecule is CCNC(CC(C)C)c1ccc(OC(C)C)cc1. The van der Waals surface area contributed by atoms with E-state index in [-0.39, 0.29) is 6.10 Å². The fourth-order valence-corrected chi connectivity index (χ4v) is 2.11. The minimum Gasteiger partial charge on any atom is -0.491 e. The Balaban J connectivity index is 2.73. The van der Waals surface area contributed by atoms with Crippen molar-refractivity contribution in [3.8, 4) is 5.75 Å². The molecule has 0 fully saturated rings. The highest BCUT2D eigenvalue weighted by molar-refractivity contribution is 5.29. The van der Waals surface area contributed by atoms with Crippen LogP contribution >= 0.6 is 0 Å². The van der Waals surface area contributed by atoms with Gasteiger partial charge in [0.2, 0.25) is 0 Å². The molecular formula is C16H27NO. The predicted octanol–water partition coefficient (Wildman–Crippen LogP) is 4.17. The number of hydrogen-bond donors (Lipinski definition) is 1. The smallest absolute Gasteiger partial charge is 0.119 e. The second-order valence-corrected chi connectivity index (χ2v) is 5.48. The number of ether oxygens (including phenoxy) is 1. The second kappa shape index (κ2) is 7.42. The van der Waals surface area contributed by atoms with Crippen LogP contribution in [0.3, 0.4) is 0 Å². The molecule has 0 saturated carbocycles. The highest BCUT2D eigenvalue weighted by atomic mass is 16.5. The van der Waals surface area contributed by atoms with Gasteiger partial charge in [0, 0.05) is 6.04 Å². The maximum absolute atomic E-state index is 5.67. The average molecular weight is 249 g/mol. The van der Waals surface area contributed by atoms with Crippen molar-refractivity contribution in [2.45, 2.75) is 53.2 Å². The molecule has 0 heterocycles. The van der Waals surface area contributed by atoms with Crippen molar-refractivity contribution in [1.29, 1.82) is 0 Å². The third kappa shape index (κ3) is 5.09. The minimum atomic E-state index is 0.232. The van der Waals surface area contributed by atoms with Crippen LogP contribution in [0, 0.1) is 5.92 Å². The van der Waals surface area contributed by atoms with E-state index in [0.717, 1.165) is 18.7 Å². The Morgan fingerprint density at radius 2 is 1.67 bits per heavy atom. The van der Waals surface area contributed by atoms with Gasteiger partial charge < -0.3 is 10.1 Å². The van der Waals surface area contributed by atoms with E-state index in [1.807, 2.05) is 13.8 Å². The zero-order valence-electron chi connectivity index (χ0n) is 12.4. The molecule has 1 aromatic carbocycles. The Hall–Kier alpha value is -1.02. The zero-order valence-corrected chi connectivity index (χ0v) is 12.4. The Kier molecular flexibility index (Phi) is 6.20. The second-order valence-electron chi connectivity index (χ2n) is 5.48. The summed E-state index contributed by atoms with van der Waals surface area (Å²) in [4.78, 5) is 0. The molecule has 1 atom stereocenters. The molecule has 1 rings (SSSR count). The van der Waals surface area contributed by atoms with Crippen LogP contribution in [0.4, 0.5) is 0 Å². The molecule has 2 nitrogen and oxygen atoms in total. The fourth-order valence-electron chi connectivity index (χ4n) is 2.11. The minimum absolute atomic E-state index is 0.232. The van der Waals surface area contributed by atoms with Crippen LogP contribution in [0.2, 0.25) is 0 Å². The van der Waals surface area contributed by atoms with Crippen molar-refractivity contribution >= 4 is 0 Å². The van der Waals surface area contributed by atoms with Crippen molar-refractivity contribution < 1.29 is 4.74 Å². The molecule has 102 valence electrons. The molecular weight excluding hydrogens is 222 g/mol. The summed E-state index contributed by atoms with van der Waals surface area (Å²) in [6.07, 6.45) is 1.40. The van der Waals surface area contributed by atoms with Gasteiger partial charge >= 0.3 is 0 Å². The van der Waals surface area contributed by atoms with Crippen LogP contribution in [-0.4, -0.2) is 12.6 Å². The molecule has 0 bridgehead atoms. The molecule has 2 heteroatoms. The Morgan fingerprint density at radius 3 is 2.11 bits per heavy atom. The quantitative estimate of drug-likeness (QED) is 0.783. The molecule has 18 heavy (non-hydrogen) atoms. The first-order valence-corrected chi connectivity index (χ1v) is 7.03. The lowest BCUT2D eigenvalue weighted by molar-refractivity contribution is 0.242. The van der Waals surface area contributed by atoms with Gasteiger partial charge in [0.15, 0.2) is 0 Å². The van der Waals surface area contributed by atoms with Crippen molar-refractivity contribution in [2.75, 3.05) is 6.54 Å². The van der Waals surface area contributed by atoms with E-state index in [2.05, 4.69) is 50.4 Å². The Bertz CT molecular complexity index is 329. The molecule has 0 aromatic heterocycles. The normalized spacial score (nSPS) is 13.1. The van der Waals surface area contributed by atoms with Crippen LogP contribution in [0.5, 0.6) is 5.75 Å². The molecule has 1 unspecified atom stereocenters. The van der Waals surface area contributed by atoms with Gasteiger partial charge in [-0.3, -0.25) is 0 Å². The molecule has 0 aliphatic carbocycles. The van der Waals surface area contributed by atoms with E-state index in [4.69, 9.17) is 4.74 Å². The maximum atomic E-state index is 5.67. The Morgan fingerprint density at radius 1 is 1.06 bits per heavy atom. The maximum Gasteiger partial charge on any atom is 0.119 e. The molecule has 0 amide bonds. The lowest BCUT2D eigenvalue weighted by Crippen LogP contribution is -2.22. The third-order valence-corrected chi connectivity index (χ3v) is 2.81. The summed E-state index contributed by atoms with van der Waals surface area (Å²) in [5.41, 5.74) is 1.35. The molecule has 0 radical (unpaired) electrons. The summed E-state index contributed by atoms with van der Waals surface area (Å²) in [6, 6.07) is 8.93. The molecule has 0 aliphatic heterocycles. The van der Waals surface area contributed by atoms with Gasteiger partial charge in [-0.2, -0.15) is 0 Å². The lowest BCUT2D eigenvalue weighted by atomic mass is 9.97.